The van der Waals surface area contributed by atoms with Gasteiger partial charge in [0.05, 0.1) is 16.6 Å². The average Bonchev–Trinajstić information content (AvgIpc) is 3.47. The number of nitrogens with zero attached hydrogens (tertiary/aromatic N) is 2. The van der Waals surface area contributed by atoms with Crippen LogP contribution in [0.4, 0.5) is 0 Å². The van der Waals surface area contributed by atoms with E-state index >= 15 is 0 Å². The zero-order valence-electron chi connectivity index (χ0n) is 19.6. The predicted octanol–water partition coefficient (Wildman–Crippen LogP) is 3.38. The van der Waals surface area contributed by atoms with E-state index < -0.39 is 12.1 Å². The number of para-hydroxylation sites is 1. The van der Waals surface area contributed by atoms with Crippen LogP contribution in [0.3, 0.4) is 0 Å². The van der Waals surface area contributed by atoms with Crippen molar-refractivity contribution in [1.29, 1.82) is 5.26 Å². The normalized spacial score (nSPS) is 27.1. The quantitative estimate of drug-likeness (QED) is 0.589. The summed E-state index contributed by atoms with van der Waals surface area (Å²) in [5.41, 5.74) is 1.10. The lowest BCUT2D eigenvalue weighted by Gasteiger charge is -2.30. The fraction of sp³-hybridized carbons (Fsp3) is 0.538. The minimum Gasteiger partial charge on any atom is -0.356 e. The second kappa shape index (κ2) is 9.90. The summed E-state index contributed by atoms with van der Waals surface area (Å²) in [6.45, 7) is 1.17. The lowest BCUT2D eigenvalue weighted by atomic mass is 9.78. The van der Waals surface area contributed by atoms with E-state index in [1.54, 1.807) is 17.0 Å². The van der Waals surface area contributed by atoms with E-state index in [0.717, 1.165) is 37.5 Å². The van der Waals surface area contributed by atoms with Gasteiger partial charge >= 0.3 is 0 Å². The molecule has 1 saturated carbocycles. The van der Waals surface area contributed by atoms with Gasteiger partial charge < -0.3 is 20.5 Å². The third-order valence-corrected chi connectivity index (χ3v) is 8.21. The van der Waals surface area contributed by atoms with Gasteiger partial charge in [-0.3, -0.25) is 14.4 Å². The Kier molecular flexibility index (Phi) is 6.70. The molecule has 1 unspecified atom stereocenters. The molecule has 3 aliphatic rings. The summed E-state index contributed by atoms with van der Waals surface area (Å²) in [5, 5.41) is 16.8. The molecule has 3 N–H and O–H groups in total. The van der Waals surface area contributed by atoms with E-state index in [9.17, 15) is 19.6 Å². The van der Waals surface area contributed by atoms with E-state index in [4.69, 9.17) is 11.6 Å². The number of hydrogen-bond donors (Lipinski definition) is 3. The van der Waals surface area contributed by atoms with Crippen molar-refractivity contribution in [2.75, 3.05) is 13.1 Å². The Hall–Kier alpha value is -3.05. The van der Waals surface area contributed by atoms with Crippen LogP contribution in [0.15, 0.2) is 24.3 Å². The van der Waals surface area contributed by atoms with Crippen molar-refractivity contribution in [2.45, 2.75) is 57.0 Å². The van der Waals surface area contributed by atoms with Crippen LogP contribution in [0, 0.1) is 29.1 Å². The molecule has 184 valence electrons. The molecular formula is C26H30ClN5O3. The number of halogens is 1. The maximum Gasteiger partial charge on any atom is 0.271 e. The second-order valence-electron chi connectivity index (χ2n) is 10.1. The SMILES string of the molecule is N#C[C@H](C[C@@H]1CCCNC1=O)NC(=O)[C@@H]1C2CCCC[C@H]2CN1C(=O)c1cc2cccc(Cl)c2[nH]1. The number of hydrogen-bond acceptors (Lipinski definition) is 4. The van der Waals surface area contributed by atoms with Gasteiger partial charge in [0.15, 0.2) is 0 Å². The van der Waals surface area contributed by atoms with Crippen LogP contribution >= 0.6 is 11.6 Å². The van der Waals surface area contributed by atoms with Gasteiger partial charge in [-0.1, -0.05) is 36.6 Å². The molecule has 0 radical (unpaired) electrons. The van der Waals surface area contributed by atoms with Crippen LogP contribution < -0.4 is 10.6 Å². The molecule has 9 heteroatoms. The number of likely N-dealkylation sites (tertiary alicyclic amines) is 1. The van der Waals surface area contributed by atoms with Crippen LogP contribution in [0.2, 0.25) is 5.02 Å². The van der Waals surface area contributed by atoms with E-state index in [1.165, 1.54) is 0 Å². The van der Waals surface area contributed by atoms with E-state index in [2.05, 4.69) is 21.7 Å². The van der Waals surface area contributed by atoms with E-state index in [0.29, 0.717) is 35.7 Å². The smallest absolute Gasteiger partial charge is 0.271 e. The van der Waals surface area contributed by atoms with Crippen molar-refractivity contribution >= 4 is 40.2 Å². The summed E-state index contributed by atoms with van der Waals surface area (Å²) in [5.74, 6) is -0.544. The number of aromatic amines is 1. The lowest BCUT2D eigenvalue weighted by molar-refractivity contribution is -0.129. The van der Waals surface area contributed by atoms with E-state index in [-0.39, 0.29) is 41.9 Å². The number of H-pyrrole nitrogens is 1. The van der Waals surface area contributed by atoms with Crippen LogP contribution in [0.25, 0.3) is 10.9 Å². The summed E-state index contributed by atoms with van der Waals surface area (Å²) >= 11 is 6.30. The van der Waals surface area contributed by atoms with Gasteiger partial charge in [-0.2, -0.15) is 5.26 Å². The number of carbonyl (C=O) groups is 3. The number of benzene rings is 1. The monoisotopic (exact) mass is 495 g/mol. The minimum atomic E-state index is -0.775. The molecule has 0 spiro atoms. The lowest BCUT2D eigenvalue weighted by Crippen LogP contribution is -2.52. The van der Waals surface area contributed by atoms with Gasteiger partial charge in [0.1, 0.15) is 17.8 Å². The Morgan fingerprint density at radius 2 is 2.06 bits per heavy atom. The summed E-state index contributed by atoms with van der Waals surface area (Å²) in [6, 6.07) is 8.02. The average molecular weight is 496 g/mol. The van der Waals surface area contributed by atoms with Crippen LogP contribution in [0.1, 0.15) is 55.4 Å². The maximum absolute atomic E-state index is 13.7. The van der Waals surface area contributed by atoms with Crippen molar-refractivity contribution < 1.29 is 14.4 Å². The molecule has 1 aromatic carbocycles. The number of piperidine rings is 1. The van der Waals surface area contributed by atoms with Crippen molar-refractivity contribution in [3.8, 4) is 6.07 Å². The fourth-order valence-corrected chi connectivity index (χ4v) is 6.39. The van der Waals surface area contributed by atoms with Gasteiger partial charge in [-0.25, -0.2) is 0 Å². The third-order valence-electron chi connectivity index (χ3n) is 7.90. The molecule has 3 heterocycles. The number of carbonyl (C=O) groups excluding carboxylic acids is 3. The third kappa shape index (κ3) is 4.62. The number of nitriles is 1. The standard InChI is InChI=1S/C26H30ClN5O3/c27-20-9-3-6-15-12-21(31-22(15)20)26(35)32-14-17-5-1-2-8-19(17)23(32)25(34)30-18(13-28)11-16-7-4-10-29-24(16)33/h3,6,9,12,16-19,23,31H,1-2,4-5,7-8,10-11,14H2,(H,29,33)(H,30,34)/t16-,17-,18-,19?,23-/m0/s1. The van der Waals surface area contributed by atoms with Gasteiger partial charge in [0.2, 0.25) is 11.8 Å². The Labute approximate surface area is 209 Å². The molecule has 1 aliphatic carbocycles. The molecule has 3 fully saturated rings. The molecular weight excluding hydrogens is 466 g/mol. The van der Waals surface area contributed by atoms with Gasteiger partial charge in [-0.15, -0.1) is 0 Å². The largest absolute Gasteiger partial charge is 0.356 e. The zero-order valence-corrected chi connectivity index (χ0v) is 20.3. The Morgan fingerprint density at radius 3 is 2.83 bits per heavy atom. The Bertz CT molecular complexity index is 1190. The molecule has 0 bridgehead atoms. The number of aromatic nitrogens is 1. The zero-order chi connectivity index (χ0) is 24.5. The highest BCUT2D eigenvalue weighted by Gasteiger charge is 2.49. The van der Waals surface area contributed by atoms with Crippen LogP contribution in [0.5, 0.6) is 0 Å². The van der Waals surface area contributed by atoms with Crippen molar-refractivity contribution in [3.05, 3.63) is 35.0 Å². The minimum absolute atomic E-state index is 0.0618. The van der Waals surface area contributed by atoms with Crippen molar-refractivity contribution in [3.63, 3.8) is 0 Å². The van der Waals surface area contributed by atoms with Crippen molar-refractivity contribution in [2.24, 2.45) is 17.8 Å². The first-order valence-electron chi connectivity index (χ1n) is 12.5. The fourth-order valence-electron chi connectivity index (χ4n) is 6.16. The molecule has 35 heavy (non-hydrogen) atoms. The highest BCUT2D eigenvalue weighted by Crippen LogP contribution is 2.41. The first-order chi connectivity index (χ1) is 17.0. The molecule has 3 amide bonds. The maximum atomic E-state index is 13.7. The van der Waals surface area contributed by atoms with Crippen molar-refractivity contribution in [1.82, 2.24) is 20.5 Å². The summed E-state index contributed by atoms with van der Waals surface area (Å²) in [6.07, 6.45) is 5.85. The molecule has 5 atom stereocenters. The number of rotatable bonds is 5. The summed E-state index contributed by atoms with van der Waals surface area (Å²) in [4.78, 5) is 44.2. The topological polar surface area (TPSA) is 118 Å². The number of nitrogens with one attached hydrogen (secondary N) is 3. The second-order valence-corrected chi connectivity index (χ2v) is 10.5. The van der Waals surface area contributed by atoms with E-state index in [1.807, 2.05) is 12.1 Å². The summed E-state index contributed by atoms with van der Waals surface area (Å²) in [7, 11) is 0. The first-order valence-corrected chi connectivity index (χ1v) is 12.9. The Balaban J connectivity index is 1.37. The summed E-state index contributed by atoms with van der Waals surface area (Å²) < 4.78 is 0. The molecule has 2 aliphatic heterocycles. The molecule has 8 nitrogen and oxygen atoms in total. The van der Waals surface area contributed by atoms with Crippen LogP contribution in [-0.4, -0.2) is 52.8 Å². The Morgan fingerprint density at radius 1 is 1.23 bits per heavy atom. The first kappa shape index (κ1) is 23.7. The number of fused-ring (bicyclic) bond motifs is 2. The van der Waals surface area contributed by atoms with Gasteiger partial charge in [-0.05, 0) is 56.1 Å². The highest BCUT2D eigenvalue weighted by atomic mass is 35.5. The molecule has 1 aromatic heterocycles. The van der Waals surface area contributed by atoms with Crippen LogP contribution in [-0.2, 0) is 9.59 Å². The molecule has 5 rings (SSSR count). The molecule has 2 saturated heterocycles. The highest BCUT2D eigenvalue weighted by molar-refractivity contribution is 6.35. The predicted molar refractivity (Wildman–Crippen MR) is 131 cm³/mol. The van der Waals surface area contributed by atoms with Gasteiger partial charge in [0, 0.05) is 24.4 Å². The number of amides is 3. The molecule has 2 aromatic rings. The van der Waals surface area contributed by atoms with Gasteiger partial charge in [0.25, 0.3) is 5.91 Å².